The molecule has 2 atom stereocenters. The van der Waals surface area contributed by atoms with Crippen LogP contribution in [-0.4, -0.2) is 11.9 Å². The first-order valence-corrected chi connectivity index (χ1v) is 8.05. The second-order valence-corrected chi connectivity index (χ2v) is 6.49. The van der Waals surface area contributed by atoms with Gasteiger partial charge in [-0.2, -0.15) is 0 Å². The van der Waals surface area contributed by atoms with Gasteiger partial charge in [-0.15, -0.1) is 0 Å². The van der Waals surface area contributed by atoms with Crippen LogP contribution < -0.4 is 16.2 Å². The maximum atomic E-state index is 12.4. The number of benzene rings is 2. The van der Waals surface area contributed by atoms with Crippen LogP contribution in [0.2, 0.25) is 5.02 Å². The summed E-state index contributed by atoms with van der Waals surface area (Å²) in [6.45, 7) is 4.04. The summed E-state index contributed by atoms with van der Waals surface area (Å²) >= 11 is 6.03. The topological polar surface area (TPSA) is 53.2 Å². The molecule has 0 spiro atoms. The molecule has 1 aliphatic rings. The lowest BCUT2D eigenvalue weighted by Crippen LogP contribution is -2.39. The standard InChI is InChI=1S/C18H20ClN3O/c1-11-6-12(2)8-15(7-11)20-18(23)17-10-16(21-22-17)13-4-3-5-14(19)9-13/h3-9,16-17,21-22H,10H2,1-2H3,(H,20,23). The molecule has 2 unspecified atom stereocenters. The minimum atomic E-state index is -0.278. The van der Waals surface area contributed by atoms with Gasteiger partial charge in [-0.05, 0) is 61.2 Å². The summed E-state index contributed by atoms with van der Waals surface area (Å²) < 4.78 is 0. The van der Waals surface area contributed by atoms with E-state index in [-0.39, 0.29) is 18.0 Å². The molecule has 2 aromatic rings. The number of hydrogen-bond donors (Lipinski definition) is 3. The van der Waals surface area contributed by atoms with Crippen molar-refractivity contribution in [3.05, 3.63) is 64.2 Å². The lowest BCUT2D eigenvalue weighted by Gasteiger charge is -2.12. The molecule has 3 rings (SSSR count). The van der Waals surface area contributed by atoms with Crippen LogP contribution in [-0.2, 0) is 4.79 Å². The fraction of sp³-hybridized carbons (Fsp3) is 0.278. The number of carbonyl (C=O) groups is 1. The zero-order valence-electron chi connectivity index (χ0n) is 13.2. The Morgan fingerprint density at radius 3 is 2.57 bits per heavy atom. The minimum absolute atomic E-state index is 0.0352. The van der Waals surface area contributed by atoms with Crippen LogP contribution in [0.3, 0.4) is 0 Å². The van der Waals surface area contributed by atoms with Crippen molar-refractivity contribution in [2.75, 3.05) is 5.32 Å². The SMILES string of the molecule is Cc1cc(C)cc(NC(=O)C2CC(c3cccc(Cl)c3)NN2)c1. The number of hydrazine groups is 1. The zero-order valence-corrected chi connectivity index (χ0v) is 13.9. The van der Waals surface area contributed by atoms with Crippen LogP contribution >= 0.6 is 11.6 Å². The monoisotopic (exact) mass is 329 g/mol. The van der Waals surface area contributed by atoms with Crippen LogP contribution in [0.5, 0.6) is 0 Å². The van der Waals surface area contributed by atoms with E-state index in [0.29, 0.717) is 11.4 Å². The van der Waals surface area contributed by atoms with Crippen LogP contribution in [0.25, 0.3) is 0 Å². The van der Waals surface area contributed by atoms with E-state index in [9.17, 15) is 4.79 Å². The highest BCUT2D eigenvalue weighted by atomic mass is 35.5. The van der Waals surface area contributed by atoms with E-state index in [1.165, 1.54) is 0 Å². The number of anilines is 1. The van der Waals surface area contributed by atoms with Gasteiger partial charge in [-0.1, -0.05) is 29.8 Å². The van der Waals surface area contributed by atoms with Crippen molar-refractivity contribution >= 4 is 23.2 Å². The fourth-order valence-corrected chi connectivity index (χ4v) is 3.15. The van der Waals surface area contributed by atoms with Gasteiger partial charge in [0.05, 0.1) is 0 Å². The highest BCUT2D eigenvalue weighted by Gasteiger charge is 2.30. The van der Waals surface area contributed by atoms with Gasteiger partial charge in [-0.3, -0.25) is 4.79 Å². The molecule has 120 valence electrons. The zero-order chi connectivity index (χ0) is 16.4. The predicted molar refractivity (Wildman–Crippen MR) is 93.4 cm³/mol. The molecule has 1 fully saturated rings. The van der Waals surface area contributed by atoms with E-state index in [1.807, 2.05) is 50.2 Å². The van der Waals surface area contributed by atoms with Gasteiger partial charge in [-0.25, -0.2) is 10.9 Å². The normalized spacial score (nSPS) is 20.5. The van der Waals surface area contributed by atoms with E-state index >= 15 is 0 Å². The Labute approximate surface area is 141 Å². The average Bonchev–Trinajstić information content (AvgIpc) is 2.96. The molecule has 3 N–H and O–H groups in total. The first kappa shape index (κ1) is 16.0. The smallest absolute Gasteiger partial charge is 0.242 e. The predicted octanol–water partition coefficient (Wildman–Crippen LogP) is 3.50. The quantitative estimate of drug-likeness (QED) is 0.807. The summed E-state index contributed by atoms with van der Waals surface area (Å²) in [4.78, 5) is 12.4. The molecular weight excluding hydrogens is 310 g/mol. The van der Waals surface area contributed by atoms with Crippen molar-refractivity contribution in [1.82, 2.24) is 10.9 Å². The number of amides is 1. The fourth-order valence-electron chi connectivity index (χ4n) is 2.95. The van der Waals surface area contributed by atoms with E-state index < -0.39 is 0 Å². The average molecular weight is 330 g/mol. The molecule has 0 bridgehead atoms. The molecule has 0 aromatic heterocycles. The summed E-state index contributed by atoms with van der Waals surface area (Å²) in [5.41, 5.74) is 10.4. The lowest BCUT2D eigenvalue weighted by atomic mass is 10.0. The van der Waals surface area contributed by atoms with E-state index in [1.54, 1.807) is 0 Å². The number of nitrogens with one attached hydrogen (secondary N) is 3. The van der Waals surface area contributed by atoms with Gasteiger partial charge in [0, 0.05) is 16.8 Å². The number of aryl methyl sites for hydroxylation is 2. The van der Waals surface area contributed by atoms with Gasteiger partial charge >= 0.3 is 0 Å². The second kappa shape index (κ2) is 6.71. The third kappa shape index (κ3) is 3.91. The highest BCUT2D eigenvalue weighted by Crippen LogP contribution is 2.25. The third-order valence-electron chi connectivity index (χ3n) is 3.96. The van der Waals surface area contributed by atoms with Crippen LogP contribution in [0.15, 0.2) is 42.5 Å². The Balaban J connectivity index is 1.65. The molecule has 1 heterocycles. The molecule has 0 saturated carbocycles. The molecule has 0 radical (unpaired) electrons. The van der Waals surface area contributed by atoms with Crippen molar-refractivity contribution in [3.63, 3.8) is 0 Å². The van der Waals surface area contributed by atoms with Crippen LogP contribution in [0.1, 0.15) is 29.2 Å². The van der Waals surface area contributed by atoms with Gasteiger partial charge < -0.3 is 5.32 Å². The van der Waals surface area contributed by atoms with Crippen molar-refractivity contribution in [2.24, 2.45) is 0 Å². The maximum absolute atomic E-state index is 12.4. The number of hydrogen-bond acceptors (Lipinski definition) is 3. The highest BCUT2D eigenvalue weighted by molar-refractivity contribution is 6.30. The molecule has 4 nitrogen and oxygen atoms in total. The van der Waals surface area contributed by atoms with Gasteiger partial charge in [0.15, 0.2) is 0 Å². The molecule has 5 heteroatoms. The Kier molecular flexibility index (Phi) is 4.66. The number of rotatable bonds is 3. The first-order chi connectivity index (χ1) is 11.0. The van der Waals surface area contributed by atoms with Crippen LogP contribution in [0, 0.1) is 13.8 Å². The summed E-state index contributed by atoms with van der Waals surface area (Å²) in [7, 11) is 0. The van der Waals surface area contributed by atoms with Crippen molar-refractivity contribution in [1.29, 1.82) is 0 Å². The summed E-state index contributed by atoms with van der Waals surface area (Å²) in [5, 5.41) is 3.68. The lowest BCUT2D eigenvalue weighted by molar-refractivity contribution is -0.117. The Hall–Kier alpha value is -1.88. The molecule has 2 aromatic carbocycles. The van der Waals surface area contributed by atoms with Crippen molar-refractivity contribution < 1.29 is 4.79 Å². The number of halogens is 1. The second-order valence-electron chi connectivity index (χ2n) is 6.05. The molecular formula is C18H20ClN3O. The molecule has 23 heavy (non-hydrogen) atoms. The Morgan fingerprint density at radius 2 is 1.87 bits per heavy atom. The Morgan fingerprint density at radius 1 is 1.13 bits per heavy atom. The number of carbonyl (C=O) groups excluding carboxylic acids is 1. The van der Waals surface area contributed by atoms with Crippen molar-refractivity contribution in [3.8, 4) is 0 Å². The molecule has 0 aliphatic carbocycles. The maximum Gasteiger partial charge on any atom is 0.242 e. The van der Waals surface area contributed by atoms with Crippen molar-refractivity contribution in [2.45, 2.75) is 32.4 Å². The van der Waals surface area contributed by atoms with Gasteiger partial charge in [0.1, 0.15) is 6.04 Å². The molecule has 1 aliphatic heterocycles. The summed E-state index contributed by atoms with van der Waals surface area (Å²) in [6, 6.07) is 13.5. The molecule has 1 amide bonds. The molecule has 1 saturated heterocycles. The third-order valence-corrected chi connectivity index (χ3v) is 4.20. The Bertz CT molecular complexity index is 712. The van der Waals surface area contributed by atoms with Crippen LogP contribution in [0.4, 0.5) is 5.69 Å². The van der Waals surface area contributed by atoms with E-state index in [2.05, 4.69) is 22.2 Å². The minimum Gasteiger partial charge on any atom is -0.325 e. The summed E-state index contributed by atoms with van der Waals surface area (Å²) in [5.74, 6) is -0.0352. The first-order valence-electron chi connectivity index (χ1n) is 7.67. The van der Waals surface area contributed by atoms with E-state index in [4.69, 9.17) is 11.6 Å². The summed E-state index contributed by atoms with van der Waals surface area (Å²) in [6.07, 6.45) is 0.678. The van der Waals surface area contributed by atoms with E-state index in [0.717, 1.165) is 22.4 Å². The van der Waals surface area contributed by atoms with Gasteiger partial charge in [0.2, 0.25) is 5.91 Å². The largest absolute Gasteiger partial charge is 0.325 e. The van der Waals surface area contributed by atoms with Gasteiger partial charge in [0.25, 0.3) is 0 Å².